The largest absolute Gasteiger partial charge is 0.466 e. The maximum Gasteiger partial charge on any atom is 0.313 e. The summed E-state index contributed by atoms with van der Waals surface area (Å²) in [6.45, 7) is 7.58. The van der Waals surface area contributed by atoms with Gasteiger partial charge in [0.1, 0.15) is 6.42 Å². The Hall–Kier alpha value is -0.940. The lowest BCUT2D eigenvalue weighted by atomic mass is 10.1. The second-order valence-corrected chi connectivity index (χ2v) is 5.17. The first-order valence-corrected chi connectivity index (χ1v) is 7.16. The Morgan fingerprint density at radius 1 is 1.26 bits per heavy atom. The Bertz CT molecular complexity index is 307. The van der Waals surface area contributed by atoms with Crippen LogP contribution in [0.25, 0.3) is 0 Å². The van der Waals surface area contributed by atoms with Gasteiger partial charge in [-0.25, -0.2) is 0 Å². The monoisotopic (exact) mass is 270 g/mol. The van der Waals surface area contributed by atoms with Crippen LogP contribution in [-0.2, 0) is 14.3 Å². The van der Waals surface area contributed by atoms with E-state index in [0.717, 1.165) is 32.5 Å². The Labute approximate surface area is 115 Å². The number of carbonyl (C=O) groups is 2. The highest BCUT2D eigenvalue weighted by Gasteiger charge is 2.24. The van der Waals surface area contributed by atoms with Crippen LogP contribution in [0.4, 0.5) is 0 Å². The lowest BCUT2D eigenvalue weighted by Gasteiger charge is -2.29. The molecule has 0 saturated carbocycles. The maximum atomic E-state index is 11.9. The van der Waals surface area contributed by atoms with Gasteiger partial charge in [0.15, 0.2) is 5.78 Å². The third-order valence-corrected chi connectivity index (χ3v) is 3.52. The molecule has 1 aliphatic rings. The fraction of sp³-hybridized carbons (Fsp3) is 0.857. The van der Waals surface area contributed by atoms with Crippen molar-refractivity contribution in [3.8, 4) is 0 Å². The van der Waals surface area contributed by atoms with E-state index in [1.165, 1.54) is 0 Å². The third kappa shape index (κ3) is 5.70. The van der Waals surface area contributed by atoms with E-state index in [1.807, 2.05) is 0 Å². The van der Waals surface area contributed by atoms with Gasteiger partial charge in [-0.1, -0.05) is 6.92 Å². The number of hydrogen-bond donors (Lipinski definition) is 0. The minimum atomic E-state index is -0.410. The first kappa shape index (κ1) is 16.1. The highest BCUT2D eigenvalue weighted by molar-refractivity contribution is 5.96. The van der Waals surface area contributed by atoms with Crippen molar-refractivity contribution in [2.45, 2.75) is 39.2 Å². The number of hydrogen-bond acceptors (Lipinski definition) is 5. The fourth-order valence-electron chi connectivity index (χ4n) is 2.54. The number of ketones is 1. The lowest BCUT2D eigenvalue weighted by molar-refractivity contribution is -0.145. The summed E-state index contributed by atoms with van der Waals surface area (Å²) in [5.41, 5.74) is 0. The number of Topliss-reactive ketones (excluding diaryl/α,β-unsaturated/α-hetero) is 1. The molecular formula is C14H26N2O3. The molecule has 1 rings (SSSR count). The molecule has 1 heterocycles. The fourth-order valence-corrected chi connectivity index (χ4v) is 2.54. The molecule has 0 radical (unpaired) electrons. The van der Waals surface area contributed by atoms with Crippen molar-refractivity contribution in [1.29, 1.82) is 0 Å². The first-order valence-electron chi connectivity index (χ1n) is 7.16. The molecular weight excluding hydrogens is 244 g/mol. The standard InChI is InChI=1S/C14H26N2O3/c1-4-12-10-15(3)7-6-8-16(12)11-13(17)9-14(18)19-5-2/h12H,4-11H2,1-3H3. The van der Waals surface area contributed by atoms with E-state index in [9.17, 15) is 9.59 Å². The summed E-state index contributed by atoms with van der Waals surface area (Å²) < 4.78 is 4.81. The average molecular weight is 270 g/mol. The van der Waals surface area contributed by atoms with Gasteiger partial charge < -0.3 is 9.64 Å². The molecule has 1 fully saturated rings. The molecule has 0 amide bonds. The number of esters is 1. The lowest BCUT2D eigenvalue weighted by Crippen LogP contribution is -2.42. The van der Waals surface area contributed by atoms with E-state index < -0.39 is 5.97 Å². The normalized spacial score (nSPS) is 21.9. The van der Waals surface area contributed by atoms with Crippen LogP contribution in [0.2, 0.25) is 0 Å². The number of nitrogens with zero attached hydrogens (tertiary/aromatic N) is 2. The van der Waals surface area contributed by atoms with E-state index in [0.29, 0.717) is 19.2 Å². The second-order valence-electron chi connectivity index (χ2n) is 5.17. The summed E-state index contributed by atoms with van der Waals surface area (Å²) in [7, 11) is 2.12. The highest BCUT2D eigenvalue weighted by Crippen LogP contribution is 2.12. The van der Waals surface area contributed by atoms with Gasteiger partial charge in [0.05, 0.1) is 13.2 Å². The van der Waals surface area contributed by atoms with Gasteiger partial charge in [0.2, 0.25) is 0 Å². The van der Waals surface area contributed by atoms with Crippen LogP contribution in [0.1, 0.15) is 33.1 Å². The van der Waals surface area contributed by atoms with E-state index in [2.05, 4.69) is 23.8 Å². The molecule has 1 aliphatic heterocycles. The molecule has 0 bridgehead atoms. The molecule has 1 atom stereocenters. The van der Waals surface area contributed by atoms with Crippen molar-refractivity contribution in [2.24, 2.45) is 0 Å². The van der Waals surface area contributed by atoms with Crippen LogP contribution in [0.3, 0.4) is 0 Å². The number of rotatable bonds is 6. The molecule has 0 aromatic carbocycles. The number of ether oxygens (including phenoxy) is 1. The molecule has 5 heteroatoms. The number of likely N-dealkylation sites (N-methyl/N-ethyl adjacent to an activating group) is 1. The molecule has 1 saturated heterocycles. The summed E-state index contributed by atoms with van der Waals surface area (Å²) >= 11 is 0. The van der Waals surface area contributed by atoms with E-state index in [4.69, 9.17) is 4.74 Å². The molecule has 110 valence electrons. The van der Waals surface area contributed by atoms with Crippen LogP contribution >= 0.6 is 0 Å². The predicted octanol–water partition coefficient (Wildman–Crippen LogP) is 0.925. The first-order chi connectivity index (χ1) is 9.06. The Kier molecular flexibility index (Phi) is 7.02. The molecule has 0 spiro atoms. The van der Waals surface area contributed by atoms with Crippen molar-refractivity contribution < 1.29 is 14.3 Å². The van der Waals surface area contributed by atoms with Crippen LogP contribution in [0, 0.1) is 0 Å². The Balaban J connectivity index is 2.48. The van der Waals surface area contributed by atoms with E-state index in [-0.39, 0.29) is 12.2 Å². The summed E-state index contributed by atoms with van der Waals surface area (Å²) in [4.78, 5) is 27.7. The summed E-state index contributed by atoms with van der Waals surface area (Å²) in [6, 6.07) is 0.402. The summed E-state index contributed by atoms with van der Waals surface area (Å²) in [5.74, 6) is -0.450. The molecule has 5 nitrogen and oxygen atoms in total. The zero-order valence-electron chi connectivity index (χ0n) is 12.4. The zero-order chi connectivity index (χ0) is 14.3. The van der Waals surface area contributed by atoms with Crippen LogP contribution in [-0.4, -0.2) is 67.4 Å². The van der Waals surface area contributed by atoms with Crippen LogP contribution < -0.4 is 0 Å². The predicted molar refractivity (Wildman–Crippen MR) is 74.0 cm³/mol. The molecule has 0 N–H and O–H groups in total. The van der Waals surface area contributed by atoms with Gasteiger partial charge in [0, 0.05) is 19.1 Å². The van der Waals surface area contributed by atoms with Gasteiger partial charge in [0.25, 0.3) is 0 Å². The molecule has 1 unspecified atom stereocenters. The average Bonchev–Trinajstić information content (AvgIpc) is 2.51. The molecule has 0 aromatic heterocycles. The van der Waals surface area contributed by atoms with Crippen LogP contribution in [0.15, 0.2) is 0 Å². The molecule has 19 heavy (non-hydrogen) atoms. The second kappa shape index (κ2) is 8.27. The van der Waals surface area contributed by atoms with E-state index in [1.54, 1.807) is 6.92 Å². The van der Waals surface area contributed by atoms with Gasteiger partial charge in [-0.15, -0.1) is 0 Å². The SMILES string of the molecule is CCOC(=O)CC(=O)CN1CCCN(C)CC1CC. The summed E-state index contributed by atoms with van der Waals surface area (Å²) in [5, 5.41) is 0. The third-order valence-electron chi connectivity index (χ3n) is 3.52. The smallest absolute Gasteiger partial charge is 0.313 e. The van der Waals surface area contributed by atoms with Gasteiger partial charge in [-0.3, -0.25) is 14.5 Å². The highest BCUT2D eigenvalue weighted by atomic mass is 16.5. The van der Waals surface area contributed by atoms with Crippen molar-refractivity contribution >= 4 is 11.8 Å². The minimum absolute atomic E-state index is 0.0403. The van der Waals surface area contributed by atoms with Crippen molar-refractivity contribution in [1.82, 2.24) is 9.80 Å². The topological polar surface area (TPSA) is 49.9 Å². The van der Waals surface area contributed by atoms with Crippen molar-refractivity contribution in [3.63, 3.8) is 0 Å². The van der Waals surface area contributed by atoms with Crippen LogP contribution in [0.5, 0.6) is 0 Å². The van der Waals surface area contributed by atoms with Crippen molar-refractivity contribution in [2.75, 3.05) is 39.8 Å². The Morgan fingerprint density at radius 2 is 2.00 bits per heavy atom. The minimum Gasteiger partial charge on any atom is -0.466 e. The van der Waals surface area contributed by atoms with Crippen molar-refractivity contribution in [3.05, 3.63) is 0 Å². The maximum absolute atomic E-state index is 11.9. The van der Waals surface area contributed by atoms with Gasteiger partial charge in [-0.2, -0.15) is 0 Å². The molecule has 0 aromatic rings. The molecule has 0 aliphatic carbocycles. The van der Waals surface area contributed by atoms with Gasteiger partial charge in [-0.05, 0) is 33.4 Å². The quantitative estimate of drug-likeness (QED) is 0.531. The summed E-state index contributed by atoms with van der Waals surface area (Å²) in [6.07, 6.45) is 1.99. The zero-order valence-corrected chi connectivity index (χ0v) is 12.4. The Morgan fingerprint density at radius 3 is 2.63 bits per heavy atom. The van der Waals surface area contributed by atoms with Gasteiger partial charge >= 0.3 is 5.97 Å². The van der Waals surface area contributed by atoms with E-state index >= 15 is 0 Å². The number of carbonyl (C=O) groups excluding carboxylic acids is 2.